The minimum absolute atomic E-state index is 0.373. The first-order chi connectivity index (χ1) is 8.54. The third-order valence-electron chi connectivity index (χ3n) is 3.33. The van der Waals surface area contributed by atoms with Crippen LogP contribution < -0.4 is 5.32 Å². The SMILES string of the molecule is FC(F)(F)CNCCc1ccc2c(c1)CCCC2. The smallest absolute Gasteiger partial charge is 0.308 e. The molecule has 18 heavy (non-hydrogen) atoms. The summed E-state index contributed by atoms with van der Waals surface area (Å²) in [6, 6.07) is 6.33. The van der Waals surface area contributed by atoms with Gasteiger partial charge in [0.05, 0.1) is 6.54 Å². The summed E-state index contributed by atoms with van der Waals surface area (Å²) in [5, 5.41) is 2.43. The molecular weight excluding hydrogens is 239 g/mol. The molecule has 0 atom stereocenters. The van der Waals surface area contributed by atoms with Gasteiger partial charge in [-0.3, -0.25) is 0 Å². The van der Waals surface area contributed by atoms with Gasteiger partial charge in [-0.2, -0.15) is 13.2 Å². The second-order valence-corrected chi connectivity index (χ2v) is 4.85. The Morgan fingerprint density at radius 3 is 2.50 bits per heavy atom. The van der Waals surface area contributed by atoms with Gasteiger partial charge in [0, 0.05) is 0 Å². The Labute approximate surface area is 105 Å². The average Bonchev–Trinajstić information content (AvgIpc) is 2.33. The topological polar surface area (TPSA) is 12.0 Å². The van der Waals surface area contributed by atoms with E-state index in [-0.39, 0.29) is 0 Å². The van der Waals surface area contributed by atoms with E-state index in [0.717, 1.165) is 18.4 Å². The number of nitrogens with one attached hydrogen (secondary N) is 1. The molecule has 0 aliphatic heterocycles. The molecule has 0 spiro atoms. The van der Waals surface area contributed by atoms with E-state index in [4.69, 9.17) is 0 Å². The molecule has 100 valence electrons. The summed E-state index contributed by atoms with van der Waals surface area (Å²) in [4.78, 5) is 0. The van der Waals surface area contributed by atoms with Crippen LogP contribution in [0, 0.1) is 0 Å². The third-order valence-corrected chi connectivity index (χ3v) is 3.33. The summed E-state index contributed by atoms with van der Waals surface area (Å²) in [5.41, 5.74) is 3.92. The lowest BCUT2D eigenvalue weighted by Gasteiger charge is -2.16. The molecule has 0 aromatic heterocycles. The van der Waals surface area contributed by atoms with E-state index < -0.39 is 12.7 Å². The van der Waals surface area contributed by atoms with E-state index in [1.807, 2.05) is 6.07 Å². The van der Waals surface area contributed by atoms with Crippen molar-refractivity contribution in [1.82, 2.24) is 5.32 Å². The maximum absolute atomic E-state index is 11.9. The van der Waals surface area contributed by atoms with Crippen molar-refractivity contribution in [2.75, 3.05) is 13.1 Å². The second kappa shape index (κ2) is 5.74. The van der Waals surface area contributed by atoms with Crippen molar-refractivity contribution in [1.29, 1.82) is 0 Å². The summed E-state index contributed by atoms with van der Waals surface area (Å²) in [7, 11) is 0. The minimum Gasteiger partial charge on any atom is -0.308 e. The van der Waals surface area contributed by atoms with Crippen LogP contribution in [-0.4, -0.2) is 19.3 Å². The van der Waals surface area contributed by atoms with Crippen molar-refractivity contribution in [2.45, 2.75) is 38.3 Å². The van der Waals surface area contributed by atoms with E-state index in [0.29, 0.717) is 13.0 Å². The number of alkyl halides is 3. The van der Waals surface area contributed by atoms with E-state index in [2.05, 4.69) is 17.4 Å². The van der Waals surface area contributed by atoms with Crippen LogP contribution in [-0.2, 0) is 19.3 Å². The van der Waals surface area contributed by atoms with Crippen LogP contribution in [0.2, 0.25) is 0 Å². The number of hydrogen-bond acceptors (Lipinski definition) is 1. The molecule has 0 saturated carbocycles. The fourth-order valence-corrected chi connectivity index (χ4v) is 2.41. The molecule has 1 aliphatic rings. The monoisotopic (exact) mass is 257 g/mol. The fraction of sp³-hybridized carbons (Fsp3) is 0.571. The molecule has 0 saturated heterocycles. The lowest BCUT2D eigenvalue weighted by atomic mass is 9.90. The summed E-state index contributed by atoms with van der Waals surface area (Å²) >= 11 is 0. The highest BCUT2D eigenvalue weighted by atomic mass is 19.4. The maximum atomic E-state index is 11.9. The Morgan fingerprint density at radius 2 is 1.78 bits per heavy atom. The number of fused-ring (bicyclic) bond motifs is 1. The first-order valence-corrected chi connectivity index (χ1v) is 6.43. The van der Waals surface area contributed by atoms with Crippen LogP contribution in [0.3, 0.4) is 0 Å². The van der Waals surface area contributed by atoms with Crippen molar-refractivity contribution >= 4 is 0 Å². The van der Waals surface area contributed by atoms with Gasteiger partial charge in [0.1, 0.15) is 0 Å². The number of aryl methyl sites for hydroxylation is 2. The fourth-order valence-electron chi connectivity index (χ4n) is 2.41. The van der Waals surface area contributed by atoms with Crippen LogP contribution in [0.5, 0.6) is 0 Å². The average molecular weight is 257 g/mol. The Bertz CT molecular complexity index is 399. The highest BCUT2D eigenvalue weighted by Gasteiger charge is 2.25. The number of rotatable bonds is 4. The minimum atomic E-state index is -4.12. The van der Waals surface area contributed by atoms with Gasteiger partial charge in [0.15, 0.2) is 0 Å². The largest absolute Gasteiger partial charge is 0.401 e. The first kappa shape index (κ1) is 13.4. The van der Waals surface area contributed by atoms with Gasteiger partial charge in [0.25, 0.3) is 0 Å². The van der Waals surface area contributed by atoms with Crippen LogP contribution in [0.4, 0.5) is 13.2 Å². The normalized spacial score (nSPS) is 15.5. The molecule has 0 amide bonds. The molecule has 1 N–H and O–H groups in total. The van der Waals surface area contributed by atoms with Crippen molar-refractivity contribution < 1.29 is 13.2 Å². The predicted molar refractivity (Wildman–Crippen MR) is 65.7 cm³/mol. The molecule has 1 nitrogen and oxygen atoms in total. The molecule has 0 fully saturated rings. The molecule has 0 unspecified atom stereocenters. The lowest BCUT2D eigenvalue weighted by Crippen LogP contribution is -2.30. The van der Waals surface area contributed by atoms with E-state index in [1.54, 1.807) is 0 Å². The summed E-state index contributed by atoms with van der Waals surface area (Å²) in [6.45, 7) is -0.532. The summed E-state index contributed by atoms with van der Waals surface area (Å²) in [6.07, 6.45) is 1.27. The Kier molecular flexibility index (Phi) is 4.27. The van der Waals surface area contributed by atoms with E-state index in [9.17, 15) is 13.2 Å². The third kappa shape index (κ3) is 4.02. The van der Waals surface area contributed by atoms with Crippen LogP contribution >= 0.6 is 0 Å². The Morgan fingerprint density at radius 1 is 1.06 bits per heavy atom. The van der Waals surface area contributed by atoms with Gasteiger partial charge in [-0.15, -0.1) is 0 Å². The molecule has 4 heteroatoms. The molecule has 1 aromatic rings. The number of benzene rings is 1. The van der Waals surface area contributed by atoms with Gasteiger partial charge >= 0.3 is 6.18 Å². The number of hydrogen-bond donors (Lipinski definition) is 1. The molecular formula is C14H18F3N. The quantitative estimate of drug-likeness (QED) is 0.816. The highest BCUT2D eigenvalue weighted by Crippen LogP contribution is 2.22. The van der Waals surface area contributed by atoms with Crippen LogP contribution in [0.1, 0.15) is 29.5 Å². The van der Waals surface area contributed by atoms with Crippen molar-refractivity contribution in [3.63, 3.8) is 0 Å². The zero-order chi connectivity index (χ0) is 13.0. The van der Waals surface area contributed by atoms with Gasteiger partial charge in [0.2, 0.25) is 0 Å². The molecule has 1 aliphatic carbocycles. The molecule has 0 bridgehead atoms. The van der Waals surface area contributed by atoms with E-state index in [1.165, 1.54) is 24.0 Å². The molecule has 0 heterocycles. The standard InChI is InChI=1S/C14H18F3N/c15-14(16,17)10-18-8-7-11-5-6-12-3-1-2-4-13(12)9-11/h5-6,9,18H,1-4,7-8,10H2. The van der Waals surface area contributed by atoms with Crippen molar-refractivity contribution in [3.8, 4) is 0 Å². The van der Waals surface area contributed by atoms with Crippen LogP contribution in [0.25, 0.3) is 0 Å². The summed E-state index contributed by atoms with van der Waals surface area (Å²) < 4.78 is 35.8. The molecule has 1 aromatic carbocycles. The number of halogens is 3. The zero-order valence-corrected chi connectivity index (χ0v) is 10.3. The zero-order valence-electron chi connectivity index (χ0n) is 10.3. The van der Waals surface area contributed by atoms with Gasteiger partial charge < -0.3 is 5.32 Å². The second-order valence-electron chi connectivity index (χ2n) is 4.85. The van der Waals surface area contributed by atoms with Crippen LogP contribution in [0.15, 0.2) is 18.2 Å². The lowest BCUT2D eigenvalue weighted by molar-refractivity contribution is -0.124. The Hall–Kier alpha value is -1.03. The van der Waals surface area contributed by atoms with Crippen molar-refractivity contribution in [2.24, 2.45) is 0 Å². The van der Waals surface area contributed by atoms with Gasteiger partial charge in [-0.25, -0.2) is 0 Å². The predicted octanol–water partition coefficient (Wildman–Crippen LogP) is 3.26. The first-order valence-electron chi connectivity index (χ1n) is 6.43. The molecule has 0 radical (unpaired) electrons. The summed E-state index contributed by atoms with van der Waals surface area (Å²) in [5.74, 6) is 0. The maximum Gasteiger partial charge on any atom is 0.401 e. The van der Waals surface area contributed by atoms with Gasteiger partial charge in [-0.1, -0.05) is 18.2 Å². The van der Waals surface area contributed by atoms with Gasteiger partial charge in [-0.05, 0) is 55.3 Å². The Balaban J connectivity index is 1.83. The van der Waals surface area contributed by atoms with Crippen molar-refractivity contribution in [3.05, 3.63) is 34.9 Å². The van der Waals surface area contributed by atoms with E-state index >= 15 is 0 Å². The molecule has 2 rings (SSSR count). The highest BCUT2D eigenvalue weighted by molar-refractivity contribution is 5.33.